The van der Waals surface area contributed by atoms with Gasteiger partial charge in [0.1, 0.15) is 5.75 Å². The molecule has 2 amide bonds. The highest BCUT2D eigenvalue weighted by atomic mass is 16.5. The second-order valence-electron chi connectivity index (χ2n) is 7.48. The quantitative estimate of drug-likeness (QED) is 0.673. The van der Waals surface area contributed by atoms with Gasteiger partial charge >= 0.3 is 6.03 Å². The molecule has 2 aromatic rings. The number of ether oxygens (including phenoxy) is 1. The van der Waals surface area contributed by atoms with Gasteiger partial charge in [-0.1, -0.05) is 61.2 Å². The van der Waals surface area contributed by atoms with Gasteiger partial charge in [-0.25, -0.2) is 4.79 Å². The van der Waals surface area contributed by atoms with Gasteiger partial charge in [-0.15, -0.1) is 0 Å². The first-order valence-electron chi connectivity index (χ1n) is 10.1. The van der Waals surface area contributed by atoms with Crippen LogP contribution in [0.2, 0.25) is 0 Å². The van der Waals surface area contributed by atoms with Crippen LogP contribution in [0.5, 0.6) is 5.75 Å². The van der Waals surface area contributed by atoms with Crippen molar-refractivity contribution in [1.29, 1.82) is 0 Å². The van der Waals surface area contributed by atoms with E-state index in [4.69, 9.17) is 4.74 Å². The van der Waals surface area contributed by atoms with E-state index in [-0.39, 0.29) is 6.03 Å². The van der Waals surface area contributed by atoms with Crippen LogP contribution in [-0.4, -0.2) is 30.6 Å². The maximum Gasteiger partial charge on any atom is 0.322 e. The van der Waals surface area contributed by atoms with E-state index in [1.165, 1.54) is 30.4 Å². The number of rotatable bonds is 6. The molecule has 0 spiro atoms. The molecule has 28 heavy (non-hydrogen) atoms. The molecule has 1 N–H and O–H groups in total. The van der Waals surface area contributed by atoms with Gasteiger partial charge in [-0.3, -0.25) is 0 Å². The molecular formula is C24H30N2O2. The fraction of sp³-hybridized carbons (Fsp3) is 0.375. The number of carbonyl (C=O) groups excluding carboxylic acids is 1. The molecule has 3 rings (SSSR count). The van der Waals surface area contributed by atoms with E-state index in [0.717, 1.165) is 24.3 Å². The van der Waals surface area contributed by atoms with E-state index >= 15 is 0 Å². The minimum Gasteiger partial charge on any atom is -0.497 e. The molecule has 0 aromatic heterocycles. The Labute approximate surface area is 168 Å². The molecule has 1 aliphatic rings. The Hall–Kier alpha value is -2.75. The van der Waals surface area contributed by atoms with Gasteiger partial charge < -0.3 is 15.0 Å². The van der Waals surface area contributed by atoms with Crippen LogP contribution in [0.3, 0.4) is 0 Å². The van der Waals surface area contributed by atoms with Crippen LogP contribution in [0.15, 0.2) is 60.2 Å². The largest absolute Gasteiger partial charge is 0.497 e. The molecule has 0 atom stereocenters. The van der Waals surface area contributed by atoms with Crippen LogP contribution in [0.25, 0.3) is 6.08 Å². The lowest BCUT2D eigenvalue weighted by atomic mass is 9.94. The van der Waals surface area contributed by atoms with Gasteiger partial charge in [-0.2, -0.15) is 0 Å². The van der Waals surface area contributed by atoms with Gasteiger partial charge in [0.05, 0.1) is 7.11 Å². The lowest BCUT2D eigenvalue weighted by Gasteiger charge is -2.34. The summed E-state index contributed by atoms with van der Waals surface area (Å²) >= 11 is 0. The molecular weight excluding hydrogens is 348 g/mol. The van der Waals surface area contributed by atoms with Crippen molar-refractivity contribution in [3.8, 4) is 5.75 Å². The standard InChI is InChI=1S/C24H30N2O2/c1-19(17-20-9-5-3-6-10-20)18-26(22-11-7-4-8-12-22)24(27)25-21-13-15-23(28-2)16-14-21/h3,5-6,9-10,13-17,22H,4,7-8,11-12,18H2,1-2H3,(H,25,27)/b19-17+. The Bertz CT molecular complexity index is 778. The third kappa shape index (κ3) is 5.62. The topological polar surface area (TPSA) is 41.6 Å². The molecule has 0 aliphatic heterocycles. The zero-order valence-corrected chi connectivity index (χ0v) is 16.9. The molecule has 0 unspecified atom stereocenters. The molecule has 1 saturated carbocycles. The van der Waals surface area contributed by atoms with Gasteiger partial charge in [0, 0.05) is 18.3 Å². The monoisotopic (exact) mass is 378 g/mol. The Morgan fingerprint density at radius 3 is 2.39 bits per heavy atom. The molecule has 1 fully saturated rings. The highest BCUT2D eigenvalue weighted by molar-refractivity contribution is 5.89. The summed E-state index contributed by atoms with van der Waals surface area (Å²) < 4.78 is 5.20. The number of benzene rings is 2. The first-order chi connectivity index (χ1) is 13.7. The third-order valence-electron chi connectivity index (χ3n) is 5.25. The minimum atomic E-state index is -0.0297. The zero-order valence-electron chi connectivity index (χ0n) is 16.9. The van der Waals surface area contributed by atoms with Crippen LogP contribution in [0.1, 0.15) is 44.6 Å². The number of methoxy groups -OCH3 is 1. The summed E-state index contributed by atoms with van der Waals surface area (Å²) in [5.41, 5.74) is 3.14. The molecule has 0 bridgehead atoms. The molecule has 148 valence electrons. The van der Waals surface area contributed by atoms with E-state index in [1.807, 2.05) is 47.4 Å². The summed E-state index contributed by atoms with van der Waals surface area (Å²) in [6, 6.07) is 18.0. The Morgan fingerprint density at radius 1 is 1.07 bits per heavy atom. The summed E-state index contributed by atoms with van der Waals surface area (Å²) in [6.07, 6.45) is 7.97. The van der Waals surface area contributed by atoms with Crippen molar-refractivity contribution in [2.45, 2.75) is 45.1 Å². The molecule has 0 radical (unpaired) electrons. The third-order valence-corrected chi connectivity index (χ3v) is 5.25. The Kier molecular flexibility index (Phi) is 7.12. The summed E-state index contributed by atoms with van der Waals surface area (Å²) in [6.45, 7) is 2.74. The zero-order chi connectivity index (χ0) is 19.8. The van der Waals surface area contributed by atoms with Crippen molar-refractivity contribution in [3.63, 3.8) is 0 Å². The fourth-order valence-electron chi connectivity index (χ4n) is 3.78. The summed E-state index contributed by atoms with van der Waals surface area (Å²) in [5.74, 6) is 0.781. The van der Waals surface area contributed by atoms with E-state index in [9.17, 15) is 4.79 Å². The minimum absolute atomic E-state index is 0.0297. The smallest absolute Gasteiger partial charge is 0.322 e. The van der Waals surface area contributed by atoms with E-state index < -0.39 is 0 Å². The van der Waals surface area contributed by atoms with Gasteiger partial charge in [0.2, 0.25) is 0 Å². The van der Waals surface area contributed by atoms with Gasteiger partial charge in [0.25, 0.3) is 0 Å². The van der Waals surface area contributed by atoms with Crippen molar-refractivity contribution >= 4 is 17.8 Å². The number of anilines is 1. The number of carbonyl (C=O) groups is 1. The molecule has 4 heteroatoms. The van der Waals surface area contributed by atoms with Crippen molar-refractivity contribution in [3.05, 3.63) is 65.7 Å². The number of hydrogen-bond donors (Lipinski definition) is 1. The van der Waals surface area contributed by atoms with Crippen molar-refractivity contribution in [2.75, 3.05) is 19.0 Å². The predicted molar refractivity (Wildman–Crippen MR) is 116 cm³/mol. The fourth-order valence-corrected chi connectivity index (χ4v) is 3.78. The molecule has 0 saturated heterocycles. The summed E-state index contributed by atoms with van der Waals surface area (Å²) in [7, 11) is 1.64. The first-order valence-corrected chi connectivity index (χ1v) is 10.1. The normalized spacial score (nSPS) is 15.1. The number of nitrogens with one attached hydrogen (secondary N) is 1. The van der Waals surface area contributed by atoms with Crippen LogP contribution in [0, 0.1) is 0 Å². The van der Waals surface area contributed by atoms with Crippen LogP contribution in [0.4, 0.5) is 10.5 Å². The second-order valence-corrected chi connectivity index (χ2v) is 7.48. The average molecular weight is 379 g/mol. The first kappa shape index (κ1) is 20.0. The number of amides is 2. The van der Waals surface area contributed by atoms with E-state index in [1.54, 1.807) is 7.11 Å². The van der Waals surface area contributed by atoms with Crippen molar-refractivity contribution in [2.24, 2.45) is 0 Å². The lowest BCUT2D eigenvalue weighted by Crippen LogP contribution is -2.44. The Morgan fingerprint density at radius 2 is 1.75 bits per heavy atom. The van der Waals surface area contributed by atoms with E-state index in [0.29, 0.717) is 12.6 Å². The summed E-state index contributed by atoms with van der Waals surface area (Å²) in [5, 5.41) is 3.06. The van der Waals surface area contributed by atoms with Crippen molar-refractivity contribution in [1.82, 2.24) is 4.90 Å². The molecule has 2 aromatic carbocycles. The van der Waals surface area contributed by atoms with E-state index in [2.05, 4.69) is 30.4 Å². The van der Waals surface area contributed by atoms with Crippen LogP contribution >= 0.6 is 0 Å². The van der Waals surface area contributed by atoms with Gasteiger partial charge in [0.15, 0.2) is 0 Å². The number of nitrogens with zero attached hydrogens (tertiary/aromatic N) is 1. The van der Waals surface area contributed by atoms with Crippen LogP contribution < -0.4 is 10.1 Å². The SMILES string of the molecule is COc1ccc(NC(=O)N(C/C(C)=C/c2ccccc2)C2CCCCC2)cc1. The molecule has 0 heterocycles. The maximum atomic E-state index is 13.1. The predicted octanol–water partition coefficient (Wildman–Crippen LogP) is 5.97. The van der Waals surface area contributed by atoms with Crippen LogP contribution in [-0.2, 0) is 0 Å². The average Bonchev–Trinajstić information content (AvgIpc) is 2.74. The van der Waals surface area contributed by atoms with Crippen molar-refractivity contribution < 1.29 is 9.53 Å². The lowest BCUT2D eigenvalue weighted by molar-refractivity contribution is 0.174. The number of urea groups is 1. The summed E-state index contributed by atoms with van der Waals surface area (Å²) in [4.78, 5) is 15.1. The second kappa shape index (κ2) is 9.98. The number of hydrogen-bond acceptors (Lipinski definition) is 2. The van der Waals surface area contributed by atoms with Gasteiger partial charge in [-0.05, 0) is 49.6 Å². The maximum absolute atomic E-state index is 13.1. The highest BCUT2D eigenvalue weighted by Crippen LogP contribution is 2.25. The molecule has 4 nitrogen and oxygen atoms in total. The Balaban J connectivity index is 1.73. The molecule has 1 aliphatic carbocycles. The highest BCUT2D eigenvalue weighted by Gasteiger charge is 2.25.